The number of rotatable bonds is 8. The molecule has 3 aromatic rings. The summed E-state index contributed by atoms with van der Waals surface area (Å²) < 4.78 is 31.8. The fourth-order valence-corrected chi connectivity index (χ4v) is 4.13. The number of amides is 1. The van der Waals surface area contributed by atoms with Gasteiger partial charge in [-0.2, -0.15) is 9.29 Å². The maximum Gasteiger partial charge on any atom is 0.246 e. The lowest BCUT2D eigenvalue weighted by Gasteiger charge is -2.27. The summed E-state index contributed by atoms with van der Waals surface area (Å²) in [6.45, 7) is 3.41. The van der Waals surface area contributed by atoms with E-state index in [4.69, 9.17) is 16.1 Å². The fraction of sp³-hybridized carbons (Fsp3) is 0.286. The van der Waals surface area contributed by atoms with Gasteiger partial charge in [0.05, 0.1) is 11.4 Å². The van der Waals surface area contributed by atoms with Crippen LogP contribution in [0.1, 0.15) is 19.7 Å². The van der Waals surface area contributed by atoms with Gasteiger partial charge in [-0.3, -0.25) is 4.79 Å². The molecule has 31 heavy (non-hydrogen) atoms. The van der Waals surface area contributed by atoms with Crippen molar-refractivity contribution in [2.75, 3.05) is 13.6 Å². The number of benzene rings is 2. The lowest BCUT2D eigenvalue weighted by Crippen LogP contribution is -2.43. The van der Waals surface area contributed by atoms with E-state index >= 15 is 0 Å². The summed E-state index contributed by atoms with van der Waals surface area (Å²) in [4.78, 5) is 18.8. The third-order valence-electron chi connectivity index (χ3n) is 4.63. The predicted octanol–water partition coefficient (Wildman–Crippen LogP) is 3.45. The van der Waals surface area contributed by atoms with Crippen LogP contribution < -0.4 is 0 Å². The maximum absolute atomic E-state index is 12.9. The van der Waals surface area contributed by atoms with Crippen molar-refractivity contribution in [1.82, 2.24) is 19.3 Å². The minimum Gasteiger partial charge on any atom is -0.337 e. The molecule has 0 saturated carbocycles. The quantitative estimate of drug-likeness (QED) is 0.508. The van der Waals surface area contributed by atoms with Crippen LogP contribution in [-0.2, 0) is 21.4 Å². The molecular formula is C21H23ClN4O4S. The van der Waals surface area contributed by atoms with Crippen molar-refractivity contribution < 1.29 is 17.7 Å². The van der Waals surface area contributed by atoms with Crippen molar-refractivity contribution in [3.8, 4) is 11.4 Å². The lowest BCUT2D eigenvalue weighted by atomic mass is 10.2. The van der Waals surface area contributed by atoms with Gasteiger partial charge in [0.25, 0.3) is 0 Å². The number of carbonyl (C=O) groups is 1. The summed E-state index contributed by atoms with van der Waals surface area (Å²) in [5, 5.41) is 4.39. The summed E-state index contributed by atoms with van der Waals surface area (Å²) in [6.07, 6.45) is 0. The Balaban J connectivity index is 1.72. The van der Waals surface area contributed by atoms with E-state index in [0.717, 1.165) is 9.87 Å². The monoisotopic (exact) mass is 462 g/mol. The summed E-state index contributed by atoms with van der Waals surface area (Å²) in [6, 6.07) is 14.9. The Bertz CT molecular complexity index is 1130. The zero-order valence-electron chi connectivity index (χ0n) is 17.4. The topological polar surface area (TPSA) is 96.6 Å². The Morgan fingerprint density at radius 2 is 1.74 bits per heavy atom. The van der Waals surface area contributed by atoms with Gasteiger partial charge in [-0.1, -0.05) is 47.1 Å². The van der Waals surface area contributed by atoms with Crippen molar-refractivity contribution in [2.45, 2.75) is 31.3 Å². The number of hydrogen-bond acceptors (Lipinski definition) is 6. The fourth-order valence-electron chi connectivity index (χ4n) is 2.88. The second kappa shape index (κ2) is 9.59. The first kappa shape index (κ1) is 22.9. The van der Waals surface area contributed by atoms with Gasteiger partial charge in [0, 0.05) is 23.7 Å². The van der Waals surface area contributed by atoms with Gasteiger partial charge >= 0.3 is 0 Å². The van der Waals surface area contributed by atoms with Crippen LogP contribution >= 0.6 is 11.6 Å². The van der Waals surface area contributed by atoms with Crippen molar-refractivity contribution in [1.29, 1.82) is 0 Å². The average molecular weight is 463 g/mol. The summed E-state index contributed by atoms with van der Waals surface area (Å²) in [5.74, 6) is 0.313. The third-order valence-corrected chi connectivity index (χ3v) is 6.70. The molecule has 164 valence electrons. The highest BCUT2D eigenvalue weighted by atomic mass is 35.5. The Morgan fingerprint density at radius 1 is 1.10 bits per heavy atom. The molecule has 0 unspecified atom stereocenters. The molecule has 2 aromatic carbocycles. The molecule has 8 nitrogen and oxygen atoms in total. The van der Waals surface area contributed by atoms with Crippen LogP contribution in [0.5, 0.6) is 0 Å². The van der Waals surface area contributed by atoms with Gasteiger partial charge in [0.2, 0.25) is 27.6 Å². The number of likely N-dealkylation sites (N-methyl/N-ethyl adjacent to an activating group) is 1. The molecule has 1 amide bonds. The highest BCUT2D eigenvalue weighted by Gasteiger charge is 2.27. The average Bonchev–Trinajstić information content (AvgIpc) is 3.21. The van der Waals surface area contributed by atoms with Crippen LogP contribution in [-0.4, -0.2) is 53.3 Å². The number of halogens is 1. The zero-order valence-corrected chi connectivity index (χ0v) is 19.0. The molecule has 0 aliphatic carbocycles. The minimum absolute atomic E-state index is 0.0627. The first-order chi connectivity index (χ1) is 14.7. The minimum atomic E-state index is -3.84. The molecule has 10 heteroatoms. The van der Waals surface area contributed by atoms with E-state index in [2.05, 4.69) is 10.1 Å². The van der Waals surface area contributed by atoms with Crippen LogP contribution in [0, 0.1) is 0 Å². The maximum atomic E-state index is 12.9. The first-order valence-electron chi connectivity index (χ1n) is 9.58. The van der Waals surface area contributed by atoms with E-state index in [1.54, 1.807) is 0 Å². The number of aromatic nitrogens is 2. The molecule has 0 spiro atoms. The van der Waals surface area contributed by atoms with Crippen molar-refractivity contribution in [3.63, 3.8) is 0 Å². The SMILES string of the molecule is CC(C)N(Cc1nc(-c2ccccc2)no1)C(=O)CN(C)S(=O)(=O)c1ccc(Cl)cc1. The molecular weight excluding hydrogens is 440 g/mol. The zero-order chi connectivity index (χ0) is 22.6. The molecule has 0 saturated heterocycles. The smallest absolute Gasteiger partial charge is 0.246 e. The molecule has 0 aliphatic heterocycles. The Labute approximate surface area is 186 Å². The molecule has 1 heterocycles. The van der Waals surface area contributed by atoms with Gasteiger partial charge in [0.15, 0.2) is 0 Å². The number of hydrogen-bond donors (Lipinski definition) is 0. The number of sulfonamides is 1. The van der Waals surface area contributed by atoms with E-state index in [-0.39, 0.29) is 35.8 Å². The van der Waals surface area contributed by atoms with E-state index in [0.29, 0.717) is 10.8 Å². The van der Waals surface area contributed by atoms with Gasteiger partial charge in [0.1, 0.15) is 6.54 Å². The van der Waals surface area contributed by atoms with E-state index in [9.17, 15) is 13.2 Å². The molecule has 3 rings (SSSR count). The highest BCUT2D eigenvalue weighted by molar-refractivity contribution is 7.89. The van der Waals surface area contributed by atoms with Gasteiger partial charge in [-0.25, -0.2) is 8.42 Å². The van der Waals surface area contributed by atoms with Gasteiger partial charge in [-0.15, -0.1) is 0 Å². The van der Waals surface area contributed by atoms with E-state index < -0.39 is 10.0 Å². The lowest BCUT2D eigenvalue weighted by molar-refractivity contribution is -0.134. The second-order valence-electron chi connectivity index (χ2n) is 7.21. The second-order valence-corrected chi connectivity index (χ2v) is 9.69. The van der Waals surface area contributed by atoms with E-state index in [1.165, 1.54) is 36.2 Å². The van der Waals surface area contributed by atoms with Gasteiger partial charge < -0.3 is 9.42 Å². The molecule has 0 N–H and O–H groups in total. The molecule has 0 atom stereocenters. The first-order valence-corrected chi connectivity index (χ1v) is 11.4. The summed E-state index contributed by atoms with van der Waals surface area (Å²) in [5.41, 5.74) is 0.800. The Morgan fingerprint density at radius 3 is 2.35 bits per heavy atom. The summed E-state index contributed by atoms with van der Waals surface area (Å²) in [7, 11) is -2.48. The van der Waals surface area contributed by atoms with Crippen molar-refractivity contribution in [2.24, 2.45) is 0 Å². The number of nitrogens with zero attached hydrogens (tertiary/aromatic N) is 4. The molecule has 1 aromatic heterocycles. The molecule has 0 bridgehead atoms. The molecule has 0 aliphatic rings. The molecule has 0 radical (unpaired) electrons. The largest absolute Gasteiger partial charge is 0.337 e. The van der Waals surface area contributed by atoms with Crippen molar-refractivity contribution >= 4 is 27.5 Å². The van der Waals surface area contributed by atoms with Crippen LogP contribution in [0.25, 0.3) is 11.4 Å². The van der Waals surface area contributed by atoms with Crippen molar-refractivity contribution in [3.05, 3.63) is 65.5 Å². The highest BCUT2D eigenvalue weighted by Crippen LogP contribution is 2.19. The van der Waals surface area contributed by atoms with Crippen LogP contribution in [0.15, 0.2) is 64.0 Å². The third kappa shape index (κ3) is 5.49. The van der Waals surface area contributed by atoms with Crippen LogP contribution in [0.3, 0.4) is 0 Å². The number of carbonyl (C=O) groups excluding carboxylic acids is 1. The molecule has 0 fully saturated rings. The Hall–Kier alpha value is -2.75. The predicted molar refractivity (Wildman–Crippen MR) is 117 cm³/mol. The van der Waals surface area contributed by atoms with Crippen LogP contribution in [0.4, 0.5) is 0 Å². The Kier molecular flexibility index (Phi) is 7.09. The van der Waals surface area contributed by atoms with Crippen LogP contribution in [0.2, 0.25) is 5.02 Å². The van der Waals surface area contributed by atoms with Gasteiger partial charge in [-0.05, 0) is 38.1 Å². The summed E-state index contributed by atoms with van der Waals surface area (Å²) >= 11 is 5.83. The normalized spacial score (nSPS) is 11.8. The van der Waals surface area contributed by atoms with E-state index in [1.807, 2.05) is 44.2 Å². The standard InChI is InChI=1S/C21H23ClN4O4S/c1-15(2)26(13-19-23-21(24-30-19)16-7-5-4-6-8-16)20(27)14-25(3)31(28,29)18-11-9-17(22)10-12-18/h4-12,15H,13-14H2,1-3H3.